The van der Waals surface area contributed by atoms with Gasteiger partial charge in [-0.05, 0) is 28.1 Å². The third-order valence-corrected chi connectivity index (χ3v) is 2.55. The lowest BCUT2D eigenvalue weighted by molar-refractivity contribution is 0.282. The number of nitrogens with two attached hydrogens (primary N) is 1. The molecule has 0 amide bonds. The molecule has 0 aromatic heterocycles. The summed E-state index contributed by atoms with van der Waals surface area (Å²) < 4.78 is 0.748. The normalized spacial score (nSPS) is 10.1. The molecule has 60 valence electrons. The summed E-state index contributed by atoms with van der Waals surface area (Å²) in [5.41, 5.74) is 6.73. The molecule has 0 fully saturated rings. The SMILES string of the molecule is Nc1cc(Cl)c(Br)cc1CO. The molecule has 0 heterocycles. The van der Waals surface area contributed by atoms with Gasteiger partial charge < -0.3 is 10.8 Å². The molecule has 1 aromatic rings. The van der Waals surface area contributed by atoms with Crippen molar-refractivity contribution < 1.29 is 5.11 Å². The van der Waals surface area contributed by atoms with E-state index in [2.05, 4.69) is 15.9 Å². The van der Waals surface area contributed by atoms with E-state index in [0.717, 1.165) is 4.47 Å². The van der Waals surface area contributed by atoms with Crippen molar-refractivity contribution in [3.05, 3.63) is 27.2 Å². The number of aliphatic hydroxyl groups is 1. The molecule has 1 aromatic carbocycles. The molecule has 0 spiro atoms. The first-order valence-corrected chi connectivity index (χ1v) is 4.16. The van der Waals surface area contributed by atoms with Crippen LogP contribution in [0.5, 0.6) is 0 Å². The fraction of sp³-hybridized carbons (Fsp3) is 0.143. The predicted molar refractivity (Wildman–Crippen MR) is 49.5 cm³/mol. The summed E-state index contributed by atoms with van der Waals surface area (Å²) in [7, 11) is 0. The van der Waals surface area contributed by atoms with Crippen molar-refractivity contribution in [2.75, 3.05) is 5.73 Å². The van der Waals surface area contributed by atoms with E-state index in [1.165, 1.54) is 0 Å². The molecule has 3 N–H and O–H groups in total. The lowest BCUT2D eigenvalue weighted by atomic mass is 10.2. The van der Waals surface area contributed by atoms with Gasteiger partial charge in [-0.3, -0.25) is 0 Å². The van der Waals surface area contributed by atoms with E-state index in [-0.39, 0.29) is 6.61 Å². The number of rotatable bonds is 1. The summed E-state index contributed by atoms with van der Waals surface area (Å²) >= 11 is 8.96. The minimum atomic E-state index is -0.0679. The van der Waals surface area contributed by atoms with Crippen LogP contribution in [0.1, 0.15) is 5.56 Å². The highest BCUT2D eigenvalue weighted by molar-refractivity contribution is 9.10. The van der Waals surface area contributed by atoms with Gasteiger partial charge in [0, 0.05) is 15.7 Å². The minimum absolute atomic E-state index is 0.0679. The number of aliphatic hydroxyl groups excluding tert-OH is 1. The Labute approximate surface area is 78.1 Å². The van der Waals surface area contributed by atoms with Crippen LogP contribution in [-0.4, -0.2) is 5.11 Å². The highest BCUT2D eigenvalue weighted by Crippen LogP contribution is 2.27. The van der Waals surface area contributed by atoms with Crippen LogP contribution < -0.4 is 5.73 Å². The summed E-state index contributed by atoms with van der Waals surface area (Å²) in [6.07, 6.45) is 0. The molecule has 11 heavy (non-hydrogen) atoms. The van der Waals surface area contributed by atoms with Crippen molar-refractivity contribution in [2.45, 2.75) is 6.61 Å². The topological polar surface area (TPSA) is 46.2 Å². The van der Waals surface area contributed by atoms with Crippen molar-refractivity contribution in [3.63, 3.8) is 0 Å². The maximum Gasteiger partial charge on any atom is 0.0702 e. The Morgan fingerprint density at radius 1 is 1.55 bits per heavy atom. The Morgan fingerprint density at radius 3 is 2.73 bits per heavy atom. The fourth-order valence-electron chi connectivity index (χ4n) is 0.740. The number of nitrogen functional groups attached to an aromatic ring is 1. The van der Waals surface area contributed by atoms with Gasteiger partial charge in [0.25, 0.3) is 0 Å². The number of halogens is 2. The smallest absolute Gasteiger partial charge is 0.0702 e. The first-order chi connectivity index (χ1) is 5.15. The second-order valence-corrected chi connectivity index (χ2v) is 3.38. The molecule has 1 rings (SSSR count). The molecule has 0 aliphatic rings. The summed E-state index contributed by atoms with van der Waals surface area (Å²) in [6, 6.07) is 3.31. The molecule has 0 aliphatic heterocycles. The lowest BCUT2D eigenvalue weighted by Gasteiger charge is -2.03. The van der Waals surface area contributed by atoms with Crippen LogP contribution in [-0.2, 0) is 6.61 Å². The van der Waals surface area contributed by atoms with Crippen molar-refractivity contribution in [2.24, 2.45) is 0 Å². The van der Waals surface area contributed by atoms with Crippen LogP contribution in [0, 0.1) is 0 Å². The number of hydrogen-bond acceptors (Lipinski definition) is 2. The van der Waals surface area contributed by atoms with Gasteiger partial charge in [-0.25, -0.2) is 0 Å². The zero-order valence-corrected chi connectivity index (χ0v) is 7.98. The van der Waals surface area contributed by atoms with Crippen LogP contribution >= 0.6 is 27.5 Å². The molecule has 0 saturated carbocycles. The van der Waals surface area contributed by atoms with Crippen molar-refractivity contribution in [1.29, 1.82) is 0 Å². The van der Waals surface area contributed by atoms with Crippen molar-refractivity contribution in [1.82, 2.24) is 0 Å². The molecule has 4 heteroatoms. The van der Waals surface area contributed by atoms with E-state index >= 15 is 0 Å². The third-order valence-electron chi connectivity index (χ3n) is 1.35. The third kappa shape index (κ3) is 1.86. The maximum absolute atomic E-state index is 8.79. The van der Waals surface area contributed by atoms with E-state index in [0.29, 0.717) is 16.3 Å². The molecule has 0 aliphatic carbocycles. The summed E-state index contributed by atoms with van der Waals surface area (Å²) in [4.78, 5) is 0. The van der Waals surface area contributed by atoms with Gasteiger partial charge in [0.1, 0.15) is 0 Å². The largest absolute Gasteiger partial charge is 0.398 e. The zero-order chi connectivity index (χ0) is 8.43. The van der Waals surface area contributed by atoms with Crippen LogP contribution in [0.4, 0.5) is 5.69 Å². The summed E-state index contributed by atoms with van der Waals surface area (Å²) in [6.45, 7) is -0.0679. The Hall–Kier alpha value is -0.250. The van der Waals surface area contributed by atoms with Crippen LogP contribution in [0.3, 0.4) is 0 Å². The highest BCUT2D eigenvalue weighted by Gasteiger charge is 2.02. The van der Waals surface area contributed by atoms with E-state index in [4.69, 9.17) is 22.4 Å². The second-order valence-electron chi connectivity index (χ2n) is 2.12. The van der Waals surface area contributed by atoms with E-state index in [1.807, 2.05) is 0 Å². The van der Waals surface area contributed by atoms with Gasteiger partial charge in [0.05, 0.1) is 11.6 Å². The second kappa shape index (κ2) is 3.43. The summed E-state index contributed by atoms with van der Waals surface area (Å²) in [5.74, 6) is 0. The van der Waals surface area contributed by atoms with Crippen LogP contribution in [0.25, 0.3) is 0 Å². The maximum atomic E-state index is 8.79. The highest BCUT2D eigenvalue weighted by atomic mass is 79.9. The molecular weight excluding hydrogens is 229 g/mol. The van der Waals surface area contributed by atoms with Crippen molar-refractivity contribution in [3.8, 4) is 0 Å². The zero-order valence-electron chi connectivity index (χ0n) is 5.64. The molecule has 0 atom stereocenters. The van der Waals surface area contributed by atoms with Crippen LogP contribution in [0.15, 0.2) is 16.6 Å². The summed E-state index contributed by atoms with van der Waals surface area (Å²) in [5, 5.41) is 9.35. The standard InChI is InChI=1S/C7H7BrClNO/c8-5-1-4(3-11)7(10)2-6(5)9/h1-2,11H,3,10H2. The van der Waals surface area contributed by atoms with E-state index < -0.39 is 0 Å². The molecule has 0 unspecified atom stereocenters. The Morgan fingerprint density at radius 2 is 2.18 bits per heavy atom. The Balaban J connectivity index is 3.21. The van der Waals surface area contributed by atoms with Crippen molar-refractivity contribution >= 4 is 33.2 Å². The van der Waals surface area contributed by atoms with Gasteiger partial charge in [-0.1, -0.05) is 11.6 Å². The number of hydrogen-bond donors (Lipinski definition) is 2. The molecule has 0 bridgehead atoms. The van der Waals surface area contributed by atoms with E-state index in [1.54, 1.807) is 12.1 Å². The first-order valence-electron chi connectivity index (χ1n) is 2.99. The molecule has 0 saturated heterocycles. The average Bonchev–Trinajstić information content (AvgIpc) is 1.97. The van der Waals surface area contributed by atoms with Gasteiger partial charge in [-0.2, -0.15) is 0 Å². The molecule has 0 radical (unpaired) electrons. The first kappa shape index (κ1) is 8.84. The minimum Gasteiger partial charge on any atom is -0.398 e. The average molecular weight is 236 g/mol. The van der Waals surface area contributed by atoms with Gasteiger partial charge >= 0.3 is 0 Å². The molecule has 2 nitrogen and oxygen atoms in total. The van der Waals surface area contributed by atoms with E-state index in [9.17, 15) is 0 Å². The quantitative estimate of drug-likeness (QED) is 0.734. The molecular formula is C7H7BrClNO. The lowest BCUT2D eigenvalue weighted by Crippen LogP contribution is -1.93. The van der Waals surface area contributed by atoms with Gasteiger partial charge in [-0.15, -0.1) is 0 Å². The fourth-order valence-corrected chi connectivity index (χ4v) is 1.30. The van der Waals surface area contributed by atoms with Crippen LogP contribution in [0.2, 0.25) is 5.02 Å². The van der Waals surface area contributed by atoms with Gasteiger partial charge in [0.2, 0.25) is 0 Å². The Bertz CT molecular complexity index is 277. The number of benzene rings is 1. The van der Waals surface area contributed by atoms with Gasteiger partial charge in [0.15, 0.2) is 0 Å². The Kier molecular flexibility index (Phi) is 2.76. The monoisotopic (exact) mass is 235 g/mol. The number of anilines is 1. The predicted octanol–water partition coefficient (Wildman–Crippen LogP) is 2.18.